The van der Waals surface area contributed by atoms with Crippen molar-refractivity contribution in [2.75, 3.05) is 5.32 Å². The number of hydrogen-bond donors (Lipinski definition) is 1. The van der Waals surface area contributed by atoms with Crippen LogP contribution in [0.3, 0.4) is 0 Å². The Balaban J connectivity index is 1.83. The average Bonchev–Trinajstić information content (AvgIpc) is 2.74. The third kappa shape index (κ3) is 3.84. The number of anilines is 1. The molecule has 4 aromatic rings. The van der Waals surface area contributed by atoms with E-state index in [0.29, 0.717) is 11.5 Å². The van der Waals surface area contributed by atoms with E-state index in [9.17, 15) is 4.79 Å². The molecule has 0 aliphatic carbocycles. The van der Waals surface area contributed by atoms with Gasteiger partial charge in [-0.15, -0.1) is 0 Å². The van der Waals surface area contributed by atoms with Crippen LogP contribution in [0.15, 0.2) is 72.8 Å². The molecule has 0 atom stereocenters. The van der Waals surface area contributed by atoms with Crippen molar-refractivity contribution < 1.29 is 4.79 Å². The van der Waals surface area contributed by atoms with E-state index in [4.69, 9.17) is 4.98 Å². The SMILES string of the molecule is Cc1cccc(-c2cc(C(=O)Nc3c(C)cccc3C(C)C)c3ccccc3n2)c1. The maximum absolute atomic E-state index is 13.5. The van der Waals surface area contributed by atoms with Gasteiger partial charge in [-0.3, -0.25) is 4.79 Å². The van der Waals surface area contributed by atoms with E-state index < -0.39 is 0 Å². The van der Waals surface area contributed by atoms with Gasteiger partial charge in [-0.25, -0.2) is 4.98 Å². The van der Waals surface area contributed by atoms with Crippen LogP contribution in [0.5, 0.6) is 0 Å². The Bertz CT molecular complexity index is 1240. The summed E-state index contributed by atoms with van der Waals surface area (Å²) in [5.74, 6) is 0.205. The highest BCUT2D eigenvalue weighted by Crippen LogP contribution is 2.30. The summed E-state index contributed by atoms with van der Waals surface area (Å²) < 4.78 is 0. The first-order chi connectivity index (χ1) is 14.4. The van der Waals surface area contributed by atoms with Crippen LogP contribution >= 0.6 is 0 Å². The molecule has 0 bridgehead atoms. The van der Waals surface area contributed by atoms with E-state index in [1.165, 1.54) is 0 Å². The first kappa shape index (κ1) is 19.8. The highest BCUT2D eigenvalue weighted by atomic mass is 16.1. The second-order valence-corrected chi connectivity index (χ2v) is 8.09. The second kappa shape index (κ2) is 8.11. The van der Waals surface area contributed by atoms with E-state index in [-0.39, 0.29) is 5.91 Å². The van der Waals surface area contributed by atoms with Crippen molar-refractivity contribution in [3.8, 4) is 11.3 Å². The van der Waals surface area contributed by atoms with Gasteiger partial charge in [0, 0.05) is 16.6 Å². The van der Waals surface area contributed by atoms with Crippen LogP contribution in [-0.2, 0) is 0 Å². The number of fused-ring (bicyclic) bond motifs is 1. The molecule has 1 amide bonds. The van der Waals surface area contributed by atoms with Gasteiger partial charge < -0.3 is 5.32 Å². The van der Waals surface area contributed by atoms with E-state index in [0.717, 1.165) is 44.5 Å². The Morgan fingerprint density at radius 1 is 0.900 bits per heavy atom. The van der Waals surface area contributed by atoms with Crippen LogP contribution in [0.1, 0.15) is 46.8 Å². The summed E-state index contributed by atoms with van der Waals surface area (Å²) >= 11 is 0. The number of pyridine rings is 1. The Kier molecular flexibility index (Phi) is 5.37. The number of amides is 1. The molecule has 3 heteroatoms. The van der Waals surface area contributed by atoms with Gasteiger partial charge >= 0.3 is 0 Å². The van der Waals surface area contributed by atoms with Gasteiger partial charge in [-0.05, 0) is 49.1 Å². The van der Waals surface area contributed by atoms with Gasteiger partial charge in [0.25, 0.3) is 5.91 Å². The molecule has 30 heavy (non-hydrogen) atoms. The summed E-state index contributed by atoms with van der Waals surface area (Å²) in [6.45, 7) is 8.37. The molecule has 1 aromatic heterocycles. The molecular weight excluding hydrogens is 368 g/mol. The number of nitrogens with one attached hydrogen (secondary N) is 1. The van der Waals surface area contributed by atoms with E-state index in [1.807, 2.05) is 61.5 Å². The van der Waals surface area contributed by atoms with Crippen LogP contribution in [0.4, 0.5) is 5.69 Å². The molecule has 0 unspecified atom stereocenters. The smallest absolute Gasteiger partial charge is 0.256 e. The largest absolute Gasteiger partial charge is 0.321 e. The fourth-order valence-electron chi connectivity index (χ4n) is 3.84. The maximum Gasteiger partial charge on any atom is 0.256 e. The minimum atomic E-state index is -0.112. The average molecular weight is 395 g/mol. The summed E-state index contributed by atoms with van der Waals surface area (Å²) in [6, 6.07) is 24.1. The van der Waals surface area contributed by atoms with Crippen molar-refractivity contribution in [2.24, 2.45) is 0 Å². The van der Waals surface area contributed by atoms with Crippen LogP contribution < -0.4 is 5.32 Å². The molecule has 3 aromatic carbocycles. The van der Waals surface area contributed by atoms with Crippen LogP contribution in [0.25, 0.3) is 22.2 Å². The molecule has 0 aliphatic heterocycles. The zero-order valence-electron chi connectivity index (χ0n) is 17.9. The van der Waals surface area contributed by atoms with E-state index in [2.05, 4.69) is 44.3 Å². The molecule has 4 rings (SSSR count). The van der Waals surface area contributed by atoms with Crippen molar-refractivity contribution in [2.45, 2.75) is 33.6 Å². The number of rotatable bonds is 4. The van der Waals surface area contributed by atoms with Crippen LogP contribution in [0.2, 0.25) is 0 Å². The summed E-state index contributed by atoms with van der Waals surface area (Å²) in [7, 11) is 0. The Morgan fingerprint density at radius 2 is 1.67 bits per heavy atom. The van der Waals surface area contributed by atoms with E-state index in [1.54, 1.807) is 0 Å². The number of hydrogen-bond acceptors (Lipinski definition) is 2. The first-order valence-corrected chi connectivity index (χ1v) is 10.3. The Labute approximate surface area is 177 Å². The van der Waals surface area contributed by atoms with Gasteiger partial charge in [0.1, 0.15) is 0 Å². The number of carbonyl (C=O) groups is 1. The molecule has 150 valence electrons. The third-order valence-electron chi connectivity index (χ3n) is 5.44. The molecule has 0 spiro atoms. The van der Waals surface area contributed by atoms with Crippen molar-refractivity contribution in [1.82, 2.24) is 4.98 Å². The summed E-state index contributed by atoms with van der Waals surface area (Å²) in [4.78, 5) is 18.3. The quantitative estimate of drug-likeness (QED) is 0.409. The fourth-order valence-corrected chi connectivity index (χ4v) is 3.84. The highest BCUT2D eigenvalue weighted by molar-refractivity contribution is 6.13. The third-order valence-corrected chi connectivity index (χ3v) is 5.44. The lowest BCUT2D eigenvalue weighted by atomic mass is 9.97. The van der Waals surface area contributed by atoms with Gasteiger partial charge in [0.05, 0.1) is 16.8 Å². The van der Waals surface area contributed by atoms with Gasteiger partial charge in [-0.2, -0.15) is 0 Å². The lowest BCUT2D eigenvalue weighted by Crippen LogP contribution is -2.15. The van der Waals surface area contributed by atoms with Crippen LogP contribution in [0, 0.1) is 13.8 Å². The minimum Gasteiger partial charge on any atom is -0.321 e. The van der Waals surface area contributed by atoms with Crippen molar-refractivity contribution in [3.63, 3.8) is 0 Å². The number of benzene rings is 3. The number of para-hydroxylation sites is 2. The Hall–Kier alpha value is -3.46. The van der Waals surface area contributed by atoms with Crippen LogP contribution in [-0.4, -0.2) is 10.9 Å². The summed E-state index contributed by atoms with van der Waals surface area (Å²) in [5.41, 5.74) is 7.52. The lowest BCUT2D eigenvalue weighted by molar-refractivity contribution is 0.102. The minimum absolute atomic E-state index is 0.112. The van der Waals surface area contributed by atoms with Gasteiger partial charge in [0.2, 0.25) is 0 Å². The second-order valence-electron chi connectivity index (χ2n) is 8.09. The summed E-state index contributed by atoms with van der Waals surface area (Å²) in [5, 5.41) is 4.04. The predicted octanol–water partition coefficient (Wildman–Crippen LogP) is 6.89. The molecular formula is C27H26N2O. The molecule has 1 N–H and O–H groups in total. The number of carbonyl (C=O) groups excluding carboxylic acids is 1. The van der Waals surface area contributed by atoms with Crippen molar-refractivity contribution in [3.05, 3.63) is 95.1 Å². The topological polar surface area (TPSA) is 42.0 Å². The first-order valence-electron chi connectivity index (χ1n) is 10.3. The van der Waals surface area contributed by atoms with Crippen molar-refractivity contribution in [1.29, 1.82) is 0 Å². The molecule has 0 saturated heterocycles. The van der Waals surface area contributed by atoms with Gasteiger partial charge in [-0.1, -0.05) is 74.0 Å². The fraction of sp³-hybridized carbons (Fsp3) is 0.185. The lowest BCUT2D eigenvalue weighted by Gasteiger charge is -2.17. The standard InChI is InChI=1S/C27H26N2O/c1-17(2)21-13-8-10-19(4)26(21)29-27(30)23-16-25(20-11-7-9-18(3)15-20)28-24-14-6-5-12-22(23)24/h5-17H,1-4H3,(H,29,30). The number of aromatic nitrogens is 1. The molecule has 1 heterocycles. The molecule has 0 fully saturated rings. The normalized spacial score (nSPS) is 11.1. The maximum atomic E-state index is 13.5. The summed E-state index contributed by atoms with van der Waals surface area (Å²) in [6.07, 6.45) is 0. The molecule has 0 aliphatic rings. The zero-order valence-corrected chi connectivity index (χ0v) is 17.9. The van der Waals surface area contributed by atoms with Gasteiger partial charge in [0.15, 0.2) is 0 Å². The Morgan fingerprint density at radius 3 is 2.43 bits per heavy atom. The number of nitrogens with zero attached hydrogens (tertiary/aromatic N) is 1. The highest BCUT2D eigenvalue weighted by Gasteiger charge is 2.17. The van der Waals surface area contributed by atoms with E-state index >= 15 is 0 Å². The zero-order chi connectivity index (χ0) is 21.3. The monoisotopic (exact) mass is 394 g/mol. The molecule has 3 nitrogen and oxygen atoms in total. The predicted molar refractivity (Wildman–Crippen MR) is 125 cm³/mol. The molecule has 0 radical (unpaired) electrons. The number of aryl methyl sites for hydroxylation is 2. The van der Waals surface area contributed by atoms with Crippen molar-refractivity contribution >= 4 is 22.5 Å². The molecule has 0 saturated carbocycles.